The maximum Gasteiger partial charge on any atom is 0.280 e. The standard InChI is InChI=1S/C26H23N5O6S2/c1-36-23-15-16(10-11-18(23)29-39(2,34)35)30-25(24(28-26(30)38)19-8-5-6-14-27-19)22-13-12-21(37-22)17-7-3-4-9-20(17)31(32)33/h3-15,24-25,29H,1-2H3,(H,28,38)/t24-,25-/m0/s1. The van der Waals surface area contributed by atoms with Crippen LogP contribution in [0.1, 0.15) is 23.5 Å². The van der Waals surface area contributed by atoms with E-state index >= 15 is 0 Å². The Morgan fingerprint density at radius 3 is 2.59 bits per heavy atom. The topological polar surface area (TPSA) is 140 Å². The van der Waals surface area contributed by atoms with Crippen molar-refractivity contribution in [2.24, 2.45) is 0 Å². The number of sulfonamides is 1. The minimum atomic E-state index is -3.54. The van der Waals surface area contributed by atoms with Crippen molar-refractivity contribution in [3.05, 3.63) is 101 Å². The number of benzene rings is 2. The molecule has 0 spiro atoms. The number of methoxy groups -OCH3 is 1. The number of hydrogen-bond donors (Lipinski definition) is 2. The smallest absolute Gasteiger partial charge is 0.280 e. The molecule has 2 atom stereocenters. The molecule has 2 N–H and O–H groups in total. The van der Waals surface area contributed by atoms with Crippen LogP contribution < -0.4 is 19.7 Å². The Hall–Kier alpha value is -4.49. The lowest BCUT2D eigenvalue weighted by molar-refractivity contribution is -0.384. The highest BCUT2D eigenvalue weighted by molar-refractivity contribution is 7.92. The van der Waals surface area contributed by atoms with Crippen LogP contribution in [0.3, 0.4) is 0 Å². The highest BCUT2D eigenvalue weighted by Crippen LogP contribution is 2.45. The zero-order valence-corrected chi connectivity index (χ0v) is 22.4. The van der Waals surface area contributed by atoms with Crippen LogP contribution in [0, 0.1) is 10.1 Å². The summed E-state index contributed by atoms with van der Waals surface area (Å²) in [7, 11) is -2.10. The Bertz CT molecular complexity index is 1660. The molecule has 1 aliphatic rings. The third-order valence-corrected chi connectivity index (χ3v) is 7.05. The van der Waals surface area contributed by atoms with Crippen molar-refractivity contribution in [3.8, 4) is 17.1 Å². The van der Waals surface area contributed by atoms with Gasteiger partial charge in [0.1, 0.15) is 23.3 Å². The molecule has 1 fully saturated rings. The van der Waals surface area contributed by atoms with Gasteiger partial charge in [-0.3, -0.25) is 19.8 Å². The van der Waals surface area contributed by atoms with E-state index in [1.165, 1.54) is 13.2 Å². The van der Waals surface area contributed by atoms with Crippen LogP contribution in [0.25, 0.3) is 11.3 Å². The molecule has 4 aromatic rings. The molecule has 39 heavy (non-hydrogen) atoms. The number of nitrogens with one attached hydrogen (secondary N) is 2. The summed E-state index contributed by atoms with van der Waals surface area (Å²) in [4.78, 5) is 17.5. The molecule has 2 aromatic heterocycles. The molecular weight excluding hydrogens is 542 g/mol. The molecule has 0 saturated carbocycles. The molecule has 1 aliphatic heterocycles. The second kappa shape index (κ2) is 10.3. The summed E-state index contributed by atoms with van der Waals surface area (Å²) in [5.74, 6) is 1.12. The summed E-state index contributed by atoms with van der Waals surface area (Å²) >= 11 is 5.74. The van der Waals surface area contributed by atoms with Gasteiger partial charge in [-0.1, -0.05) is 18.2 Å². The Kier molecular flexibility index (Phi) is 6.93. The van der Waals surface area contributed by atoms with Crippen LogP contribution in [0.2, 0.25) is 0 Å². The van der Waals surface area contributed by atoms with Crippen LogP contribution in [0.15, 0.2) is 83.4 Å². The maximum absolute atomic E-state index is 11.8. The lowest BCUT2D eigenvalue weighted by atomic mass is 10.0. The van der Waals surface area contributed by atoms with Crippen LogP contribution in [-0.2, 0) is 10.0 Å². The predicted molar refractivity (Wildman–Crippen MR) is 150 cm³/mol. The molecule has 2 aromatic carbocycles. The van der Waals surface area contributed by atoms with Crippen LogP contribution in [0.5, 0.6) is 5.75 Å². The molecular formula is C26H23N5O6S2. The number of furan rings is 1. The lowest BCUT2D eigenvalue weighted by Crippen LogP contribution is -2.29. The predicted octanol–water partition coefficient (Wildman–Crippen LogP) is 4.81. The summed E-state index contributed by atoms with van der Waals surface area (Å²) in [5.41, 5.74) is 1.86. The van der Waals surface area contributed by atoms with Crippen molar-refractivity contribution in [3.63, 3.8) is 0 Å². The Balaban J connectivity index is 1.61. The van der Waals surface area contributed by atoms with Crippen LogP contribution >= 0.6 is 12.2 Å². The zero-order valence-electron chi connectivity index (χ0n) is 20.8. The monoisotopic (exact) mass is 565 g/mol. The number of nitro groups is 1. The highest BCUT2D eigenvalue weighted by Gasteiger charge is 2.43. The van der Waals surface area contributed by atoms with Gasteiger partial charge in [0.05, 0.1) is 41.3 Å². The van der Waals surface area contributed by atoms with Crippen molar-refractivity contribution in [2.75, 3.05) is 23.0 Å². The Morgan fingerprint density at radius 1 is 1.13 bits per heavy atom. The number of para-hydroxylation sites is 1. The molecule has 13 heteroatoms. The summed E-state index contributed by atoms with van der Waals surface area (Å²) in [5, 5.41) is 15.3. The Labute approximate surface area is 229 Å². The first-order chi connectivity index (χ1) is 18.7. The lowest BCUT2D eigenvalue weighted by Gasteiger charge is -2.26. The molecule has 200 valence electrons. The van der Waals surface area contributed by atoms with E-state index < -0.39 is 27.0 Å². The summed E-state index contributed by atoms with van der Waals surface area (Å²) in [6, 6.07) is 19.3. The second-order valence-electron chi connectivity index (χ2n) is 8.73. The molecule has 3 heterocycles. The van der Waals surface area contributed by atoms with Gasteiger partial charge in [-0.2, -0.15) is 0 Å². The second-order valence-corrected chi connectivity index (χ2v) is 10.9. The number of ether oxygens (including phenoxy) is 1. The number of hydrogen-bond acceptors (Lipinski definition) is 8. The van der Waals surface area contributed by atoms with Crippen molar-refractivity contribution < 1.29 is 22.5 Å². The number of nitrogens with zero attached hydrogens (tertiary/aromatic N) is 3. The number of rotatable bonds is 8. The number of anilines is 2. The average molecular weight is 566 g/mol. The maximum atomic E-state index is 11.8. The third-order valence-electron chi connectivity index (χ3n) is 6.14. The van der Waals surface area contributed by atoms with Crippen molar-refractivity contribution in [1.29, 1.82) is 0 Å². The van der Waals surface area contributed by atoms with E-state index in [1.807, 2.05) is 17.0 Å². The molecule has 1 saturated heterocycles. The average Bonchev–Trinajstić information content (AvgIpc) is 3.53. The molecule has 0 amide bonds. The largest absolute Gasteiger partial charge is 0.494 e. The van der Waals surface area contributed by atoms with E-state index in [0.29, 0.717) is 39.3 Å². The van der Waals surface area contributed by atoms with Gasteiger partial charge < -0.3 is 19.4 Å². The number of nitro benzene ring substituents is 1. The number of aromatic nitrogens is 1. The van der Waals surface area contributed by atoms with Gasteiger partial charge in [0.2, 0.25) is 10.0 Å². The number of thiocarbonyl (C=S) groups is 1. The molecule has 0 aliphatic carbocycles. The summed E-state index contributed by atoms with van der Waals surface area (Å²) < 4.78 is 37.8. The number of pyridine rings is 1. The fraction of sp³-hybridized carbons (Fsp3) is 0.154. The molecule has 11 nitrogen and oxygen atoms in total. The van der Waals surface area contributed by atoms with Gasteiger partial charge in [-0.15, -0.1) is 0 Å². The first-order valence-corrected chi connectivity index (χ1v) is 14.0. The normalized spacial score (nSPS) is 17.1. The van der Waals surface area contributed by atoms with Gasteiger partial charge in [0, 0.05) is 24.0 Å². The van der Waals surface area contributed by atoms with Gasteiger partial charge in [-0.25, -0.2) is 8.42 Å². The third kappa shape index (κ3) is 5.26. The SMILES string of the molecule is COc1cc(N2C(=S)N[C@@H](c3ccccn3)[C@@H]2c2ccc(-c3ccccc3[N+](=O)[O-])o2)ccc1NS(C)(=O)=O. The van der Waals surface area contributed by atoms with Crippen molar-refractivity contribution >= 4 is 44.4 Å². The van der Waals surface area contributed by atoms with Gasteiger partial charge >= 0.3 is 0 Å². The van der Waals surface area contributed by atoms with E-state index in [1.54, 1.807) is 60.8 Å². The zero-order chi connectivity index (χ0) is 27.7. The van der Waals surface area contributed by atoms with E-state index in [9.17, 15) is 18.5 Å². The first-order valence-electron chi connectivity index (χ1n) is 11.7. The molecule has 0 bridgehead atoms. The van der Waals surface area contributed by atoms with E-state index in [0.717, 1.165) is 6.26 Å². The molecule has 5 rings (SSSR count). The van der Waals surface area contributed by atoms with Gasteiger partial charge in [0.15, 0.2) is 5.11 Å². The van der Waals surface area contributed by atoms with E-state index in [4.69, 9.17) is 21.4 Å². The van der Waals surface area contributed by atoms with Crippen LogP contribution in [0.4, 0.5) is 17.1 Å². The first kappa shape index (κ1) is 26.1. The van der Waals surface area contributed by atoms with Crippen molar-refractivity contribution in [2.45, 2.75) is 12.1 Å². The minimum Gasteiger partial charge on any atom is -0.494 e. The fourth-order valence-electron chi connectivity index (χ4n) is 4.53. The quantitative estimate of drug-likeness (QED) is 0.174. The van der Waals surface area contributed by atoms with Gasteiger partial charge in [0.25, 0.3) is 5.69 Å². The van der Waals surface area contributed by atoms with Crippen LogP contribution in [-0.4, -0.2) is 36.8 Å². The fourth-order valence-corrected chi connectivity index (χ4v) is 5.45. The van der Waals surface area contributed by atoms with Crippen molar-refractivity contribution in [1.82, 2.24) is 10.3 Å². The Morgan fingerprint density at radius 2 is 1.90 bits per heavy atom. The van der Waals surface area contributed by atoms with Gasteiger partial charge in [-0.05, 0) is 54.7 Å². The molecule has 0 unspecified atom stereocenters. The van der Waals surface area contributed by atoms with E-state index in [2.05, 4.69) is 15.0 Å². The highest BCUT2D eigenvalue weighted by atomic mass is 32.2. The molecule has 0 radical (unpaired) electrons. The summed E-state index contributed by atoms with van der Waals surface area (Å²) in [6.45, 7) is 0. The summed E-state index contributed by atoms with van der Waals surface area (Å²) in [6.07, 6.45) is 2.73. The minimum absolute atomic E-state index is 0.0738. The van der Waals surface area contributed by atoms with E-state index in [-0.39, 0.29) is 11.4 Å².